The standard InChI is InChI=1S/C19H16O7/c1-10(20)26-15-8-14(21)16-17(22)13(9-25-19(16)18(15)24-3)11-4-6-12(23-2)7-5-11/h4-9,21H,1-3H3. The van der Waals surface area contributed by atoms with Crippen LogP contribution in [0.25, 0.3) is 22.1 Å². The normalized spacial score (nSPS) is 10.6. The van der Waals surface area contributed by atoms with Crippen molar-refractivity contribution in [3.63, 3.8) is 0 Å². The van der Waals surface area contributed by atoms with E-state index in [1.165, 1.54) is 20.3 Å². The maximum Gasteiger partial charge on any atom is 0.308 e. The maximum absolute atomic E-state index is 12.9. The third-order valence-electron chi connectivity index (χ3n) is 3.81. The van der Waals surface area contributed by atoms with E-state index in [-0.39, 0.29) is 33.8 Å². The molecule has 0 aliphatic carbocycles. The van der Waals surface area contributed by atoms with Gasteiger partial charge >= 0.3 is 5.97 Å². The highest BCUT2D eigenvalue weighted by Crippen LogP contribution is 2.40. The van der Waals surface area contributed by atoms with Crippen molar-refractivity contribution in [1.29, 1.82) is 0 Å². The van der Waals surface area contributed by atoms with Crippen molar-refractivity contribution < 1.29 is 28.5 Å². The number of esters is 1. The number of methoxy groups -OCH3 is 2. The monoisotopic (exact) mass is 356 g/mol. The summed E-state index contributed by atoms with van der Waals surface area (Å²) in [5, 5.41) is 10.2. The van der Waals surface area contributed by atoms with Gasteiger partial charge in [-0.3, -0.25) is 9.59 Å². The zero-order chi connectivity index (χ0) is 18.8. The number of hydrogen-bond acceptors (Lipinski definition) is 7. The lowest BCUT2D eigenvalue weighted by Gasteiger charge is -2.12. The van der Waals surface area contributed by atoms with Crippen LogP contribution in [0.1, 0.15) is 6.92 Å². The van der Waals surface area contributed by atoms with Crippen LogP contribution in [0.2, 0.25) is 0 Å². The lowest BCUT2D eigenvalue weighted by Crippen LogP contribution is -2.08. The Hall–Kier alpha value is -3.48. The first-order chi connectivity index (χ1) is 12.5. The Balaban J connectivity index is 2.24. The van der Waals surface area contributed by atoms with Gasteiger partial charge in [0.1, 0.15) is 23.1 Å². The lowest BCUT2D eigenvalue weighted by atomic mass is 10.0. The number of carbonyl (C=O) groups is 1. The Bertz CT molecular complexity index is 1030. The van der Waals surface area contributed by atoms with Crippen LogP contribution in [0.15, 0.2) is 45.8 Å². The summed E-state index contributed by atoms with van der Waals surface area (Å²) in [6.07, 6.45) is 1.27. The van der Waals surface area contributed by atoms with Crippen molar-refractivity contribution in [2.24, 2.45) is 0 Å². The molecule has 3 aromatic rings. The number of carbonyl (C=O) groups excluding carboxylic acids is 1. The van der Waals surface area contributed by atoms with Crippen molar-refractivity contribution in [1.82, 2.24) is 0 Å². The first kappa shape index (κ1) is 17.3. The molecule has 26 heavy (non-hydrogen) atoms. The second-order valence-corrected chi connectivity index (χ2v) is 5.43. The van der Waals surface area contributed by atoms with Crippen molar-refractivity contribution in [2.45, 2.75) is 6.92 Å². The van der Waals surface area contributed by atoms with Crippen molar-refractivity contribution in [3.8, 4) is 34.1 Å². The number of rotatable bonds is 4. The van der Waals surface area contributed by atoms with Crippen LogP contribution in [0, 0.1) is 0 Å². The van der Waals surface area contributed by atoms with Crippen LogP contribution in [0.3, 0.4) is 0 Å². The predicted octanol–water partition coefficient (Wildman–Crippen LogP) is 3.11. The maximum atomic E-state index is 12.9. The molecule has 2 aromatic carbocycles. The van der Waals surface area contributed by atoms with Gasteiger partial charge in [0, 0.05) is 13.0 Å². The van der Waals surface area contributed by atoms with Crippen molar-refractivity contribution >= 4 is 16.9 Å². The third kappa shape index (κ3) is 2.95. The van der Waals surface area contributed by atoms with Crippen LogP contribution < -0.4 is 19.6 Å². The Morgan fingerprint density at radius 1 is 1.12 bits per heavy atom. The van der Waals surface area contributed by atoms with E-state index < -0.39 is 11.4 Å². The Morgan fingerprint density at radius 3 is 2.38 bits per heavy atom. The molecule has 0 amide bonds. The van der Waals surface area contributed by atoms with E-state index in [0.717, 1.165) is 6.07 Å². The molecular weight excluding hydrogens is 340 g/mol. The Morgan fingerprint density at radius 2 is 1.81 bits per heavy atom. The van der Waals surface area contributed by atoms with Gasteiger partial charge in [-0.05, 0) is 17.7 Å². The van der Waals surface area contributed by atoms with Crippen LogP contribution in [0.4, 0.5) is 0 Å². The number of ether oxygens (including phenoxy) is 3. The van der Waals surface area contributed by atoms with Crippen molar-refractivity contribution in [2.75, 3.05) is 14.2 Å². The zero-order valence-electron chi connectivity index (χ0n) is 14.4. The second kappa shape index (κ2) is 6.79. The molecule has 0 radical (unpaired) electrons. The van der Waals surface area contributed by atoms with Gasteiger partial charge in [0.2, 0.25) is 11.2 Å². The molecule has 7 heteroatoms. The zero-order valence-corrected chi connectivity index (χ0v) is 14.4. The molecule has 0 aliphatic heterocycles. The average Bonchev–Trinajstić information content (AvgIpc) is 2.61. The van der Waals surface area contributed by atoms with E-state index in [0.29, 0.717) is 11.3 Å². The summed E-state index contributed by atoms with van der Waals surface area (Å²) in [5.74, 6) is -0.313. The van der Waals surface area contributed by atoms with Gasteiger partial charge in [0.25, 0.3) is 0 Å². The van der Waals surface area contributed by atoms with Gasteiger partial charge in [-0.1, -0.05) is 12.1 Å². The molecule has 1 heterocycles. The molecule has 134 valence electrons. The largest absolute Gasteiger partial charge is 0.507 e. The quantitative estimate of drug-likeness (QED) is 0.567. The van der Waals surface area contributed by atoms with Crippen LogP contribution >= 0.6 is 0 Å². The number of aromatic hydroxyl groups is 1. The fourth-order valence-corrected chi connectivity index (χ4v) is 2.64. The van der Waals surface area contributed by atoms with E-state index in [4.69, 9.17) is 18.6 Å². The van der Waals surface area contributed by atoms with Gasteiger partial charge in [-0.25, -0.2) is 0 Å². The predicted molar refractivity (Wildman–Crippen MR) is 94.0 cm³/mol. The summed E-state index contributed by atoms with van der Waals surface area (Å²) < 4.78 is 20.9. The molecule has 7 nitrogen and oxygen atoms in total. The van der Waals surface area contributed by atoms with E-state index in [1.54, 1.807) is 31.4 Å². The highest BCUT2D eigenvalue weighted by molar-refractivity contribution is 5.93. The fraction of sp³-hybridized carbons (Fsp3) is 0.158. The number of phenolic OH excluding ortho intramolecular Hbond substituents is 1. The molecule has 0 bridgehead atoms. The van der Waals surface area contributed by atoms with Gasteiger partial charge in [0.05, 0.1) is 19.8 Å². The Labute approximate surface area is 148 Å². The highest BCUT2D eigenvalue weighted by Gasteiger charge is 2.21. The molecule has 0 spiro atoms. The molecule has 1 N–H and O–H groups in total. The smallest absolute Gasteiger partial charge is 0.308 e. The summed E-state index contributed by atoms with van der Waals surface area (Å²) >= 11 is 0. The molecule has 0 fully saturated rings. The summed E-state index contributed by atoms with van der Waals surface area (Å²) in [6.45, 7) is 1.21. The van der Waals surface area contributed by atoms with E-state index in [9.17, 15) is 14.7 Å². The molecule has 0 unspecified atom stereocenters. The first-order valence-electron chi connectivity index (χ1n) is 7.64. The minimum Gasteiger partial charge on any atom is -0.507 e. The summed E-state index contributed by atoms with van der Waals surface area (Å²) in [4.78, 5) is 24.1. The molecule has 1 aromatic heterocycles. The number of hydrogen-bond donors (Lipinski definition) is 1. The van der Waals surface area contributed by atoms with E-state index in [1.807, 2.05) is 0 Å². The Kier molecular flexibility index (Phi) is 4.53. The van der Waals surface area contributed by atoms with Crippen LogP contribution in [-0.4, -0.2) is 25.3 Å². The highest BCUT2D eigenvalue weighted by atomic mass is 16.6. The number of phenols is 1. The summed E-state index contributed by atoms with van der Waals surface area (Å²) in [5.41, 5.74) is 0.411. The summed E-state index contributed by atoms with van der Waals surface area (Å²) in [7, 11) is 2.89. The SMILES string of the molecule is COc1ccc(-c2coc3c(OC)c(OC(C)=O)cc(O)c3c2=O)cc1. The van der Waals surface area contributed by atoms with Gasteiger partial charge in [-0.2, -0.15) is 0 Å². The van der Waals surface area contributed by atoms with E-state index >= 15 is 0 Å². The molecule has 0 saturated heterocycles. The van der Waals surface area contributed by atoms with E-state index in [2.05, 4.69) is 0 Å². The topological polar surface area (TPSA) is 95.2 Å². The molecule has 3 rings (SSSR count). The van der Waals surface area contributed by atoms with Crippen LogP contribution in [-0.2, 0) is 4.79 Å². The van der Waals surface area contributed by atoms with Gasteiger partial charge in [-0.15, -0.1) is 0 Å². The molecular formula is C19H16O7. The van der Waals surface area contributed by atoms with Crippen molar-refractivity contribution in [3.05, 3.63) is 46.8 Å². The number of fused-ring (bicyclic) bond motifs is 1. The molecule has 0 saturated carbocycles. The number of benzene rings is 2. The minimum atomic E-state index is -0.598. The average molecular weight is 356 g/mol. The molecule has 0 aliphatic rings. The minimum absolute atomic E-state index is 0.00832. The van der Waals surface area contributed by atoms with Crippen LogP contribution in [0.5, 0.6) is 23.0 Å². The fourth-order valence-electron chi connectivity index (χ4n) is 2.64. The lowest BCUT2D eigenvalue weighted by molar-refractivity contribution is -0.131. The second-order valence-electron chi connectivity index (χ2n) is 5.43. The first-order valence-corrected chi connectivity index (χ1v) is 7.64. The summed E-state index contributed by atoms with van der Waals surface area (Å²) in [6, 6.07) is 7.99. The molecule has 0 atom stereocenters. The van der Waals surface area contributed by atoms with Gasteiger partial charge < -0.3 is 23.7 Å². The third-order valence-corrected chi connectivity index (χ3v) is 3.81. The van der Waals surface area contributed by atoms with Gasteiger partial charge in [0.15, 0.2) is 11.3 Å².